The lowest BCUT2D eigenvalue weighted by Gasteiger charge is -2.34. The fourth-order valence-electron chi connectivity index (χ4n) is 5.32. The molecular formula is C22H18O2. The summed E-state index contributed by atoms with van der Waals surface area (Å²) >= 11 is 0. The fraction of sp³-hybridized carbons (Fsp3) is 0.273. The Morgan fingerprint density at radius 3 is 1.54 bits per heavy atom. The van der Waals surface area contributed by atoms with Gasteiger partial charge in [0, 0.05) is 34.8 Å². The molecule has 2 bridgehead atoms. The van der Waals surface area contributed by atoms with E-state index in [-0.39, 0.29) is 35.2 Å². The second kappa shape index (κ2) is 4.54. The average Bonchev–Trinajstić information content (AvgIpc) is 3.12. The highest BCUT2D eigenvalue weighted by molar-refractivity contribution is 6.18. The molecular weight excluding hydrogens is 296 g/mol. The lowest BCUT2D eigenvalue weighted by Crippen LogP contribution is -2.39. The zero-order valence-corrected chi connectivity index (χ0v) is 13.7. The van der Waals surface area contributed by atoms with E-state index < -0.39 is 0 Å². The lowest BCUT2D eigenvalue weighted by molar-refractivity contribution is 0.0732. The summed E-state index contributed by atoms with van der Waals surface area (Å²) in [5.41, 5.74) is 6.28. The Hall–Kier alpha value is -2.48. The van der Waals surface area contributed by atoms with Crippen molar-refractivity contribution >= 4 is 11.6 Å². The first kappa shape index (κ1) is 13.9. The van der Waals surface area contributed by atoms with Gasteiger partial charge in [-0.2, -0.15) is 0 Å². The fourth-order valence-corrected chi connectivity index (χ4v) is 5.32. The normalized spacial score (nSPS) is 29.3. The molecule has 1 saturated carbocycles. The van der Waals surface area contributed by atoms with Gasteiger partial charge in [-0.15, -0.1) is 0 Å². The van der Waals surface area contributed by atoms with Crippen LogP contribution in [0.2, 0.25) is 0 Å². The van der Waals surface area contributed by atoms with Crippen molar-refractivity contribution in [2.45, 2.75) is 25.7 Å². The molecule has 2 nitrogen and oxygen atoms in total. The summed E-state index contributed by atoms with van der Waals surface area (Å²) < 4.78 is 0. The Morgan fingerprint density at radius 1 is 0.708 bits per heavy atom. The predicted molar refractivity (Wildman–Crippen MR) is 92.4 cm³/mol. The Labute approximate surface area is 141 Å². The van der Waals surface area contributed by atoms with Crippen LogP contribution in [-0.4, -0.2) is 11.6 Å². The molecule has 24 heavy (non-hydrogen) atoms. The summed E-state index contributed by atoms with van der Waals surface area (Å²) in [6.07, 6.45) is 0. The summed E-state index contributed by atoms with van der Waals surface area (Å²) in [6, 6.07) is 15.7. The highest BCUT2D eigenvalue weighted by Crippen LogP contribution is 2.65. The van der Waals surface area contributed by atoms with E-state index >= 15 is 0 Å². The molecule has 2 heteroatoms. The molecule has 5 rings (SSSR count). The molecule has 0 aliphatic heterocycles. The molecule has 0 amide bonds. The van der Waals surface area contributed by atoms with Crippen molar-refractivity contribution in [2.75, 3.05) is 0 Å². The standard InChI is InChI=1S/C22H18O2/c1-11(2)16-17-12-7-3-4-8-13(12)18(16)20-19(17)21(23)14-9-5-6-10-15(14)22(20)24/h3-10,17-20H,1-2H3/t17-,18+,19+,20-. The zero-order chi connectivity index (χ0) is 16.6. The van der Waals surface area contributed by atoms with Crippen LogP contribution >= 0.6 is 0 Å². The molecule has 0 radical (unpaired) electrons. The molecule has 1 fully saturated rings. The van der Waals surface area contributed by atoms with Gasteiger partial charge in [0.15, 0.2) is 11.6 Å². The summed E-state index contributed by atoms with van der Waals surface area (Å²) in [5.74, 6) is -0.00156. The molecule has 2 aromatic rings. The molecule has 0 heterocycles. The van der Waals surface area contributed by atoms with Crippen LogP contribution < -0.4 is 0 Å². The van der Waals surface area contributed by atoms with E-state index in [1.807, 2.05) is 36.4 Å². The SMILES string of the molecule is CC(C)=C1[C@@H]2c3ccccc3[C@H]1[C@@H]1C(=O)c3ccccc3C(=O)[C@@H]12. The Kier molecular flexibility index (Phi) is 2.63. The van der Waals surface area contributed by atoms with Crippen LogP contribution in [0.3, 0.4) is 0 Å². The molecule has 0 aromatic heterocycles. The number of ketones is 2. The number of hydrogen-bond acceptors (Lipinski definition) is 2. The zero-order valence-electron chi connectivity index (χ0n) is 13.7. The van der Waals surface area contributed by atoms with Gasteiger partial charge in [-0.05, 0) is 25.0 Å². The van der Waals surface area contributed by atoms with Gasteiger partial charge in [-0.1, -0.05) is 59.7 Å². The highest BCUT2D eigenvalue weighted by Gasteiger charge is 2.61. The molecule has 2 aromatic carbocycles. The summed E-state index contributed by atoms with van der Waals surface area (Å²) in [6.45, 7) is 4.22. The smallest absolute Gasteiger partial charge is 0.168 e. The Morgan fingerprint density at radius 2 is 1.12 bits per heavy atom. The van der Waals surface area contributed by atoms with Gasteiger partial charge in [0.2, 0.25) is 0 Å². The van der Waals surface area contributed by atoms with Gasteiger partial charge in [0.1, 0.15) is 0 Å². The first-order chi connectivity index (χ1) is 11.6. The van der Waals surface area contributed by atoms with Crippen molar-refractivity contribution in [3.63, 3.8) is 0 Å². The highest BCUT2D eigenvalue weighted by atomic mass is 16.1. The van der Waals surface area contributed by atoms with E-state index in [2.05, 4.69) is 26.0 Å². The van der Waals surface area contributed by atoms with Crippen molar-refractivity contribution in [3.05, 3.63) is 81.9 Å². The van der Waals surface area contributed by atoms with Crippen molar-refractivity contribution in [1.82, 2.24) is 0 Å². The summed E-state index contributed by atoms with van der Waals surface area (Å²) in [5, 5.41) is 0. The van der Waals surface area contributed by atoms with Crippen molar-refractivity contribution in [3.8, 4) is 0 Å². The molecule has 0 spiro atoms. The molecule has 0 saturated heterocycles. The van der Waals surface area contributed by atoms with Crippen LogP contribution in [-0.2, 0) is 0 Å². The van der Waals surface area contributed by atoms with Crippen molar-refractivity contribution < 1.29 is 9.59 Å². The molecule has 0 N–H and O–H groups in total. The van der Waals surface area contributed by atoms with Crippen molar-refractivity contribution in [2.24, 2.45) is 11.8 Å². The van der Waals surface area contributed by atoms with Gasteiger partial charge in [-0.25, -0.2) is 0 Å². The lowest BCUT2D eigenvalue weighted by atomic mass is 9.66. The topological polar surface area (TPSA) is 34.1 Å². The number of rotatable bonds is 0. The van der Waals surface area contributed by atoms with Crippen LogP contribution in [0, 0.1) is 11.8 Å². The molecule has 3 aliphatic carbocycles. The van der Waals surface area contributed by atoms with E-state index in [0.717, 1.165) is 0 Å². The van der Waals surface area contributed by atoms with E-state index in [9.17, 15) is 9.59 Å². The number of allylic oxidation sites excluding steroid dienone is 2. The summed E-state index contributed by atoms with van der Waals surface area (Å²) in [4.78, 5) is 26.5. The van der Waals surface area contributed by atoms with Crippen molar-refractivity contribution in [1.29, 1.82) is 0 Å². The minimum Gasteiger partial charge on any atom is -0.294 e. The third-order valence-corrected chi connectivity index (χ3v) is 6.08. The van der Waals surface area contributed by atoms with E-state index in [1.165, 1.54) is 22.3 Å². The van der Waals surface area contributed by atoms with Gasteiger partial charge < -0.3 is 0 Å². The van der Waals surface area contributed by atoms with Crippen LogP contribution in [0.25, 0.3) is 0 Å². The molecule has 3 aliphatic rings. The predicted octanol–water partition coefficient (Wildman–Crippen LogP) is 4.53. The monoisotopic (exact) mass is 314 g/mol. The number of hydrogen-bond donors (Lipinski definition) is 0. The molecule has 118 valence electrons. The van der Waals surface area contributed by atoms with Gasteiger partial charge >= 0.3 is 0 Å². The van der Waals surface area contributed by atoms with Crippen LogP contribution in [0.4, 0.5) is 0 Å². The molecule has 0 unspecified atom stereocenters. The van der Waals surface area contributed by atoms with Gasteiger partial charge in [0.25, 0.3) is 0 Å². The minimum atomic E-state index is -0.225. The first-order valence-electron chi connectivity index (χ1n) is 8.54. The van der Waals surface area contributed by atoms with E-state index in [0.29, 0.717) is 11.1 Å². The number of fused-ring (bicyclic) bond motifs is 9. The Balaban J connectivity index is 1.80. The third-order valence-electron chi connectivity index (χ3n) is 6.08. The maximum Gasteiger partial charge on any atom is 0.168 e. The number of benzene rings is 2. The average molecular weight is 314 g/mol. The number of Topliss-reactive ketones (excluding diaryl/α,β-unsaturated/α-hetero) is 2. The van der Waals surface area contributed by atoms with Gasteiger partial charge in [-0.3, -0.25) is 9.59 Å². The molecule has 4 atom stereocenters. The minimum absolute atomic E-state index is 0.0750. The van der Waals surface area contributed by atoms with Gasteiger partial charge in [0.05, 0.1) is 0 Å². The van der Waals surface area contributed by atoms with E-state index in [1.54, 1.807) is 0 Å². The quantitative estimate of drug-likeness (QED) is 0.670. The maximum absolute atomic E-state index is 13.2. The van der Waals surface area contributed by atoms with Crippen LogP contribution in [0.1, 0.15) is 57.5 Å². The van der Waals surface area contributed by atoms with E-state index in [4.69, 9.17) is 0 Å². The largest absolute Gasteiger partial charge is 0.294 e. The maximum atomic E-state index is 13.2. The van der Waals surface area contributed by atoms with Crippen LogP contribution in [0.15, 0.2) is 59.7 Å². The number of carbonyl (C=O) groups excluding carboxylic acids is 2. The Bertz CT molecular complexity index is 876. The first-order valence-corrected chi connectivity index (χ1v) is 8.54. The number of carbonyl (C=O) groups is 2. The second-order valence-corrected chi connectivity index (χ2v) is 7.37. The third kappa shape index (κ3) is 1.47. The summed E-state index contributed by atoms with van der Waals surface area (Å²) in [7, 11) is 0. The second-order valence-electron chi connectivity index (χ2n) is 7.37. The van der Waals surface area contributed by atoms with Crippen LogP contribution in [0.5, 0.6) is 0 Å².